The van der Waals surface area contributed by atoms with Crippen molar-refractivity contribution in [1.82, 2.24) is 4.37 Å². The van der Waals surface area contributed by atoms with Crippen LogP contribution in [0.4, 0.5) is 0 Å². The van der Waals surface area contributed by atoms with Gasteiger partial charge in [0.05, 0.1) is 10.4 Å². The molecule has 2 N–H and O–H groups in total. The number of rotatable bonds is 1. The van der Waals surface area contributed by atoms with E-state index in [1.807, 2.05) is 0 Å². The predicted molar refractivity (Wildman–Crippen MR) is 73.3 cm³/mol. The van der Waals surface area contributed by atoms with Crippen molar-refractivity contribution in [2.24, 2.45) is 5.73 Å². The molecule has 2 nitrogen and oxygen atoms in total. The van der Waals surface area contributed by atoms with Crippen LogP contribution in [-0.4, -0.2) is 4.37 Å². The van der Waals surface area contributed by atoms with Gasteiger partial charge in [-0.1, -0.05) is 31.4 Å². The van der Waals surface area contributed by atoms with Crippen LogP contribution in [0.2, 0.25) is 0 Å². The molecule has 1 aliphatic carbocycles. The average molecular weight is 246 g/mol. The van der Waals surface area contributed by atoms with E-state index in [1.165, 1.54) is 34.9 Å². The van der Waals surface area contributed by atoms with Crippen molar-refractivity contribution in [3.05, 3.63) is 29.5 Å². The molecule has 3 heteroatoms. The molecule has 1 heterocycles. The lowest BCUT2D eigenvalue weighted by Gasteiger charge is -2.34. The molecule has 3 rings (SSSR count). The summed E-state index contributed by atoms with van der Waals surface area (Å²) in [5.74, 6) is 0. The summed E-state index contributed by atoms with van der Waals surface area (Å²) in [5.41, 5.74) is 8.90. The fraction of sp³-hybridized carbons (Fsp3) is 0.500. The first-order valence-corrected chi connectivity index (χ1v) is 7.12. The molecule has 0 amide bonds. The molecule has 1 aliphatic rings. The van der Waals surface area contributed by atoms with E-state index in [1.54, 1.807) is 11.5 Å². The molecule has 90 valence electrons. The average Bonchev–Trinajstić information content (AvgIpc) is 2.72. The highest BCUT2D eigenvalue weighted by atomic mass is 32.1. The molecule has 0 bridgehead atoms. The van der Waals surface area contributed by atoms with Crippen molar-refractivity contribution in [2.45, 2.75) is 44.6 Å². The van der Waals surface area contributed by atoms with Crippen LogP contribution < -0.4 is 5.73 Å². The molecule has 0 radical (unpaired) electrons. The van der Waals surface area contributed by atoms with Gasteiger partial charge >= 0.3 is 0 Å². The Morgan fingerprint density at radius 3 is 2.76 bits per heavy atom. The van der Waals surface area contributed by atoms with Crippen LogP contribution in [0.25, 0.3) is 10.1 Å². The maximum atomic E-state index is 6.56. The van der Waals surface area contributed by atoms with Gasteiger partial charge in [0.2, 0.25) is 0 Å². The van der Waals surface area contributed by atoms with E-state index in [0.29, 0.717) is 0 Å². The van der Waals surface area contributed by atoms with Gasteiger partial charge in [0.15, 0.2) is 0 Å². The third-order valence-electron chi connectivity index (χ3n) is 3.97. The summed E-state index contributed by atoms with van der Waals surface area (Å²) in [6.45, 7) is 2.07. The Morgan fingerprint density at radius 2 is 2.00 bits per heavy atom. The summed E-state index contributed by atoms with van der Waals surface area (Å²) in [4.78, 5) is 0. The summed E-state index contributed by atoms with van der Waals surface area (Å²) in [5, 5.41) is 1.28. The van der Waals surface area contributed by atoms with Gasteiger partial charge in [0, 0.05) is 10.9 Å². The third kappa shape index (κ3) is 1.87. The minimum atomic E-state index is -0.0929. The maximum absolute atomic E-state index is 6.56. The highest BCUT2D eigenvalue weighted by Gasteiger charge is 2.29. The van der Waals surface area contributed by atoms with Gasteiger partial charge in [0.1, 0.15) is 0 Å². The SMILES string of the molecule is Cc1nsc2cc(C3(N)CCCCC3)ccc12. The zero-order valence-electron chi connectivity index (χ0n) is 10.2. The van der Waals surface area contributed by atoms with Crippen molar-refractivity contribution >= 4 is 21.6 Å². The lowest BCUT2D eigenvalue weighted by molar-refractivity contribution is 0.302. The van der Waals surface area contributed by atoms with Crippen LogP contribution >= 0.6 is 11.5 Å². The molecule has 1 saturated carbocycles. The summed E-state index contributed by atoms with van der Waals surface area (Å²) < 4.78 is 5.68. The molecule has 1 aromatic heterocycles. The molecule has 0 saturated heterocycles. The molecular formula is C14H18N2S. The lowest BCUT2D eigenvalue weighted by Crippen LogP contribution is -2.38. The van der Waals surface area contributed by atoms with Crippen molar-refractivity contribution in [1.29, 1.82) is 0 Å². The normalized spacial score (nSPS) is 19.6. The zero-order chi connectivity index (χ0) is 11.9. The molecule has 0 spiro atoms. The number of aryl methyl sites for hydroxylation is 1. The monoisotopic (exact) mass is 246 g/mol. The number of fused-ring (bicyclic) bond motifs is 1. The number of nitrogens with zero attached hydrogens (tertiary/aromatic N) is 1. The molecular weight excluding hydrogens is 228 g/mol. The fourth-order valence-corrected chi connectivity index (χ4v) is 3.67. The first kappa shape index (κ1) is 11.2. The van der Waals surface area contributed by atoms with E-state index in [-0.39, 0.29) is 5.54 Å². The van der Waals surface area contributed by atoms with E-state index in [4.69, 9.17) is 5.73 Å². The van der Waals surface area contributed by atoms with E-state index < -0.39 is 0 Å². The summed E-state index contributed by atoms with van der Waals surface area (Å²) in [7, 11) is 0. The van der Waals surface area contributed by atoms with E-state index >= 15 is 0 Å². The van der Waals surface area contributed by atoms with E-state index in [9.17, 15) is 0 Å². The van der Waals surface area contributed by atoms with E-state index in [2.05, 4.69) is 29.5 Å². The second-order valence-electron chi connectivity index (χ2n) is 5.20. The van der Waals surface area contributed by atoms with Crippen LogP contribution in [0.3, 0.4) is 0 Å². The van der Waals surface area contributed by atoms with Crippen molar-refractivity contribution < 1.29 is 0 Å². The van der Waals surface area contributed by atoms with Crippen molar-refractivity contribution in [3.63, 3.8) is 0 Å². The standard InChI is InChI=1S/C14H18N2S/c1-10-12-6-5-11(9-13(12)17-16-10)14(15)7-3-2-4-8-14/h5-6,9H,2-4,7-8,15H2,1H3. The van der Waals surface area contributed by atoms with Crippen molar-refractivity contribution in [3.8, 4) is 0 Å². The molecule has 0 unspecified atom stereocenters. The number of nitrogens with two attached hydrogens (primary N) is 1. The Kier molecular flexibility index (Phi) is 2.68. The quantitative estimate of drug-likeness (QED) is 0.833. The minimum Gasteiger partial charge on any atom is -0.321 e. The minimum absolute atomic E-state index is 0.0929. The van der Waals surface area contributed by atoms with Gasteiger partial charge in [0.25, 0.3) is 0 Å². The number of aromatic nitrogens is 1. The first-order chi connectivity index (χ1) is 8.19. The number of hydrogen-bond donors (Lipinski definition) is 1. The van der Waals surface area contributed by atoms with Gasteiger partial charge in [-0.3, -0.25) is 0 Å². The smallest absolute Gasteiger partial charge is 0.0589 e. The van der Waals surface area contributed by atoms with Crippen LogP contribution in [0.1, 0.15) is 43.4 Å². The van der Waals surface area contributed by atoms with E-state index in [0.717, 1.165) is 18.5 Å². The zero-order valence-corrected chi connectivity index (χ0v) is 11.0. The Balaban J connectivity index is 2.05. The Bertz CT molecular complexity index is 538. The number of benzene rings is 1. The molecule has 0 aliphatic heterocycles. The Hall–Kier alpha value is -0.930. The third-order valence-corrected chi connectivity index (χ3v) is 4.87. The molecule has 2 aromatic rings. The van der Waals surface area contributed by atoms with Crippen LogP contribution in [0.5, 0.6) is 0 Å². The Labute approximate surface area is 106 Å². The van der Waals surface area contributed by atoms with Crippen LogP contribution in [0.15, 0.2) is 18.2 Å². The predicted octanol–water partition coefficient (Wildman–Crippen LogP) is 3.72. The summed E-state index contributed by atoms with van der Waals surface area (Å²) in [6, 6.07) is 6.65. The van der Waals surface area contributed by atoms with Crippen LogP contribution in [0, 0.1) is 6.92 Å². The molecule has 1 aromatic carbocycles. The van der Waals surface area contributed by atoms with Gasteiger partial charge in [-0.15, -0.1) is 0 Å². The summed E-state index contributed by atoms with van der Waals surface area (Å²) >= 11 is 1.59. The topological polar surface area (TPSA) is 38.9 Å². The Morgan fingerprint density at radius 1 is 1.24 bits per heavy atom. The molecule has 0 atom stereocenters. The lowest BCUT2D eigenvalue weighted by atomic mass is 9.77. The fourth-order valence-electron chi connectivity index (χ4n) is 2.84. The van der Waals surface area contributed by atoms with Crippen LogP contribution in [-0.2, 0) is 5.54 Å². The summed E-state index contributed by atoms with van der Waals surface area (Å²) in [6.07, 6.45) is 6.10. The van der Waals surface area contributed by atoms with Crippen molar-refractivity contribution in [2.75, 3.05) is 0 Å². The first-order valence-electron chi connectivity index (χ1n) is 6.34. The maximum Gasteiger partial charge on any atom is 0.0589 e. The highest BCUT2D eigenvalue weighted by molar-refractivity contribution is 7.13. The van der Waals surface area contributed by atoms with Gasteiger partial charge < -0.3 is 5.73 Å². The van der Waals surface area contributed by atoms with Gasteiger partial charge in [-0.05, 0) is 42.9 Å². The highest BCUT2D eigenvalue weighted by Crippen LogP contribution is 2.36. The largest absolute Gasteiger partial charge is 0.321 e. The van der Waals surface area contributed by atoms with Gasteiger partial charge in [-0.25, -0.2) is 0 Å². The molecule has 1 fully saturated rings. The molecule has 17 heavy (non-hydrogen) atoms. The van der Waals surface area contributed by atoms with Gasteiger partial charge in [-0.2, -0.15) is 4.37 Å². The second kappa shape index (κ2) is 4.07. The second-order valence-corrected chi connectivity index (χ2v) is 6.00. The number of hydrogen-bond acceptors (Lipinski definition) is 3.